The van der Waals surface area contributed by atoms with Gasteiger partial charge >= 0.3 is 11.9 Å². The average Bonchev–Trinajstić information content (AvgIpc) is 2.40. The van der Waals surface area contributed by atoms with Gasteiger partial charge in [0.15, 0.2) is 6.10 Å². The molecule has 0 aromatic heterocycles. The van der Waals surface area contributed by atoms with Crippen LogP contribution in [0.4, 0.5) is 0 Å². The number of aromatic carboxylic acids is 1. The summed E-state index contributed by atoms with van der Waals surface area (Å²) in [6.07, 6.45) is 0.368. The van der Waals surface area contributed by atoms with Gasteiger partial charge in [-0.3, -0.25) is 0 Å². The number of hydrogen-bond donors (Lipinski definition) is 1. The van der Waals surface area contributed by atoms with Crippen LogP contribution in [0.1, 0.15) is 37.0 Å². The number of hydrogen-bond acceptors (Lipinski definition) is 4. The molecule has 0 aliphatic heterocycles. The summed E-state index contributed by atoms with van der Waals surface area (Å²) in [5.74, 6) is -1.45. The van der Waals surface area contributed by atoms with Crippen molar-refractivity contribution < 1.29 is 24.2 Å². The Morgan fingerprint density at radius 2 is 2.05 bits per heavy atom. The van der Waals surface area contributed by atoms with Gasteiger partial charge in [0.2, 0.25) is 0 Å². The number of ether oxygens (including phenoxy) is 2. The van der Waals surface area contributed by atoms with E-state index in [2.05, 4.69) is 15.9 Å². The summed E-state index contributed by atoms with van der Waals surface area (Å²) in [5.41, 5.74) is 0.00442. The van der Waals surface area contributed by atoms with E-state index in [4.69, 9.17) is 14.6 Å². The Kier molecular flexibility index (Phi) is 6.51. The summed E-state index contributed by atoms with van der Waals surface area (Å²) in [6, 6.07) is 4.69. The Morgan fingerprint density at radius 3 is 2.60 bits per heavy atom. The molecule has 0 spiro atoms. The van der Waals surface area contributed by atoms with E-state index >= 15 is 0 Å². The smallest absolute Gasteiger partial charge is 0.347 e. The van der Waals surface area contributed by atoms with Crippen molar-refractivity contribution in [3.8, 4) is 5.75 Å². The van der Waals surface area contributed by atoms with E-state index in [1.54, 1.807) is 19.1 Å². The Labute approximate surface area is 126 Å². The van der Waals surface area contributed by atoms with Crippen LogP contribution in [-0.2, 0) is 9.53 Å². The minimum Gasteiger partial charge on any atom is -0.478 e. The molecule has 0 aliphatic carbocycles. The number of para-hydroxylation sites is 1. The highest BCUT2D eigenvalue weighted by molar-refractivity contribution is 9.10. The summed E-state index contributed by atoms with van der Waals surface area (Å²) in [4.78, 5) is 23.0. The SMILES string of the molecule is CCCC(Oc1c(Br)cccc1C(=O)O)C(=O)OCC. The largest absolute Gasteiger partial charge is 0.478 e. The second-order valence-corrected chi connectivity index (χ2v) is 4.92. The zero-order valence-corrected chi connectivity index (χ0v) is 13.0. The molecule has 0 heterocycles. The van der Waals surface area contributed by atoms with Gasteiger partial charge in [-0.15, -0.1) is 0 Å². The number of rotatable bonds is 7. The Bertz CT molecular complexity index is 486. The second-order valence-electron chi connectivity index (χ2n) is 4.07. The maximum atomic E-state index is 11.8. The van der Waals surface area contributed by atoms with Gasteiger partial charge in [-0.05, 0) is 41.4 Å². The van der Waals surface area contributed by atoms with Crippen molar-refractivity contribution in [3.63, 3.8) is 0 Å². The molecule has 1 unspecified atom stereocenters. The van der Waals surface area contributed by atoms with Gasteiger partial charge < -0.3 is 14.6 Å². The number of carbonyl (C=O) groups is 2. The molecule has 1 aromatic carbocycles. The van der Waals surface area contributed by atoms with Gasteiger partial charge in [-0.2, -0.15) is 0 Å². The minimum atomic E-state index is -1.11. The molecule has 1 aromatic rings. The van der Waals surface area contributed by atoms with E-state index in [0.29, 0.717) is 10.9 Å². The fourth-order valence-electron chi connectivity index (χ4n) is 1.66. The lowest BCUT2D eigenvalue weighted by Gasteiger charge is -2.19. The van der Waals surface area contributed by atoms with Crippen molar-refractivity contribution in [2.45, 2.75) is 32.8 Å². The Balaban J connectivity index is 3.04. The standard InChI is InChI=1S/C14H17BrO5/c1-3-6-11(14(18)19-4-2)20-12-9(13(16)17)7-5-8-10(12)15/h5,7-8,11H,3-4,6H2,1-2H3,(H,16,17). The molecule has 20 heavy (non-hydrogen) atoms. The maximum Gasteiger partial charge on any atom is 0.347 e. The first-order valence-electron chi connectivity index (χ1n) is 6.36. The van der Waals surface area contributed by atoms with Crippen LogP contribution >= 0.6 is 15.9 Å². The molecule has 110 valence electrons. The quantitative estimate of drug-likeness (QED) is 0.768. The molecule has 0 saturated heterocycles. The van der Waals surface area contributed by atoms with Crippen molar-refractivity contribution in [1.82, 2.24) is 0 Å². The van der Waals surface area contributed by atoms with Crippen LogP contribution in [-0.4, -0.2) is 29.8 Å². The van der Waals surface area contributed by atoms with Crippen molar-refractivity contribution in [2.24, 2.45) is 0 Å². The van der Waals surface area contributed by atoms with E-state index in [-0.39, 0.29) is 17.9 Å². The van der Waals surface area contributed by atoms with Gasteiger partial charge in [0.1, 0.15) is 11.3 Å². The molecule has 1 rings (SSSR count). The third-order valence-electron chi connectivity index (χ3n) is 2.56. The molecule has 0 saturated carbocycles. The summed E-state index contributed by atoms with van der Waals surface area (Å²) in [7, 11) is 0. The molecule has 0 radical (unpaired) electrons. The number of carboxylic acids is 1. The lowest BCUT2D eigenvalue weighted by molar-refractivity contribution is -0.151. The lowest BCUT2D eigenvalue weighted by Crippen LogP contribution is -2.30. The van der Waals surface area contributed by atoms with Gasteiger partial charge in [0, 0.05) is 0 Å². The first-order chi connectivity index (χ1) is 9.51. The Hall–Kier alpha value is -1.56. The van der Waals surface area contributed by atoms with Crippen molar-refractivity contribution in [1.29, 1.82) is 0 Å². The number of halogens is 1. The van der Waals surface area contributed by atoms with Gasteiger partial charge in [-0.1, -0.05) is 19.4 Å². The summed E-state index contributed by atoms with van der Waals surface area (Å²) >= 11 is 3.24. The van der Waals surface area contributed by atoms with Crippen molar-refractivity contribution >= 4 is 27.9 Å². The van der Waals surface area contributed by atoms with Crippen molar-refractivity contribution in [2.75, 3.05) is 6.61 Å². The van der Waals surface area contributed by atoms with Gasteiger partial charge in [0.25, 0.3) is 0 Å². The highest BCUT2D eigenvalue weighted by Gasteiger charge is 2.24. The lowest BCUT2D eigenvalue weighted by atomic mass is 10.1. The Morgan fingerprint density at radius 1 is 1.35 bits per heavy atom. The van der Waals surface area contributed by atoms with Crippen molar-refractivity contribution in [3.05, 3.63) is 28.2 Å². The van der Waals surface area contributed by atoms with Crippen LogP contribution in [0.3, 0.4) is 0 Å². The number of benzene rings is 1. The molecule has 0 amide bonds. The number of esters is 1. The highest BCUT2D eigenvalue weighted by atomic mass is 79.9. The fourth-order valence-corrected chi connectivity index (χ4v) is 2.12. The topological polar surface area (TPSA) is 72.8 Å². The molecular weight excluding hydrogens is 328 g/mol. The average molecular weight is 345 g/mol. The molecule has 1 N–H and O–H groups in total. The monoisotopic (exact) mass is 344 g/mol. The van der Waals surface area contributed by atoms with Gasteiger partial charge in [0.05, 0.1) is 11.1 Å². The predicted molar refractivity (Wildman–Crippen MR) is 77.1 cm³/mol. The van der Waals surface area contributed by atoms with Crippen LogP contribution in [0, 0.1) is 0 Å². The van der Waals surface area contributed by atoms with Crippen LogP contribution in [0.25, 0.3) is 0 Å². The number of carbonyl (C=O) groups excluding carboxylic acids is 1. The molecule has 6 heteroatoms. The molecule has 0 bridgehead atoms. The highest BCUT2D eigenvalue weighted by Crippen LogP contribution is 2.30. The van der Waals surface area contributed by atoms with Gasteiger partial charge in [-0.25, -0.2) is 9.59 Å². The number of carboxylic acid groups (broad SMARTS) is 1. The fraction of sp³-hybridized carbons (Fsp3) is 0.429. The molecule has 0 fully saturated rings. The molecule has 5 nitrogen and oxygen atoms in total. The zero-order chi connectivity index (χ0) is 15.1. The third-order valence-corrected chi connectivity index (χ3v) is 3.18. The van der Waals surface area contributed by atoms with Crippen LogP contribution in [0.2, 0.25) is 0 Å². The van der Waals surface area contributed by atoms with E-state index in [1.165, 1.54) is 6.07 Å². The normalized spacial score (nSPS) is 11.8. The molecule has 0 aliphatic rings. The second kappa shape index (κ2) is 7.89. The third kappa shape index (κ3) is 4.23. The van der Waals surface area contributed by atoms with E-state index in [0.717, 1.165) is 6.42 Å². The zero-order valence-electron chi connectivity index (χ0n) is 11.4. The van der Waals surface area contributed by atoms with Crippen LogP contribution < -0.4 is 4.74 Å². The first-order valence-corrected chi connectivity index (χ1v) is 7.15. The van der Waals surface area contributed by atoms with E-state index in [1.807, 2.05) is 6.92 Å². The van der Waals surface area contributed by atoms with Crippen LogP contribution in [0.5, 0.6) is 5.75 Å². The van der Waals surface area contributed by atoms with Crippen LogP contribution in [0.15, 0.2) is 22.7 Å². The maximum absolute atomic E-state index is 11.8. The summed E-state index contributed by atoms with van der Waals surface area (Å²) in [5, 5.41) is 9.16. The first kappa shape index (κ1) is 16.5. The molecular formula is C14H17BrO5. The summed E-state index contributed by atoms with van der Waals surface area (Å²) in [6.45, 7) is 3.87. The summed E-state index contributed by atoms with van der Waals surface area (Å²) < 4.78 is 11.0. The van der Waals surface area contributed by atoms with E-state index in [9.17, 15) is 9.59 Å². The molecule has 1 atom stereocenters. The minimum absolute atomic E-state index is 0.00442. The van der Waals surface area contributed by atoms with E-state index < -0.39 is 18.0 Å². The predicted octanol–water partition coefficient (Wildman–Crippen LogP) is 3.26.